The molecule has 1 N–H and O–H groups in total. The number of rotatable bonds is 1. The number of hydrogen-bond acceptors (Lipinski definition) is 0. The van der Waals surface area contributed by atoms with E-state index >= 15 is 0 Å². The Morgan fingerprint density at radius 2 is 1.30 bits per heavy atom. The fourth-order valence-corrected chi connectivity index (χ4v) is 3.49. The van der Waals surface area contributed by atoms with Crippen LogP contribution in [0.15, 0.2) is 85.1 Å². The van der Waals surface area contributed by atoms with Gasteiger partial charge in [0.1, 0.15) is 0 Å². The second kappa shape index (κ2) is 4.72. The maximum absolute atomic E-state index is 3.36. The monoisotopic (exact) mass is 293 g/mol. The number of aromatic amines is 1. The van der Waals surface area contributed by atoms with Gasteiger partial charge in [0.15, 0.2) is 0 Å². The third-order valence-corrected chi connectivity index (χ3v) is 4.65. The maximum atomic E-state index is 3.36. The number of benzene rings is 4. The predicted octanol–water partition coefficient (Wildman–Crippen LogP) is 6.14. The maximum Gasteiger partial charge on any atom is 0.0460 e. The lowest BCUT2D eigenvalue weighted by Crippen LogP contribution is -1.80. The molecule has 1 aromatic heterocycles. The van der Waals surface area contributed by atoms with E-state index in [0.717, 1.165) is 0 Å². The van der Waals surface area contributed by atoms with Crippen LogP contribution in [0.3, 0.4) is 0 Å². The second-order valence-corrected chi connectivity index (χ2v) is 5.97. The molecule has 0 aliphatic heterocycles. The van der Waals surface area contributed by atoms with Gasteiger partial charge >= 0.3 is 0 Å². The molecule has 1 nitrogen and oxygen atoms in total. The van der Waals surface area contributed by atoms with Gasteiger partial charge in [0.2, 0.25) is 0 Å². The average molecular weight is 293 g/mol. The molecule has 0 unspecified atom stereocenters. The molecule has 0 saturated carbocycles. The third kappa shape index (κ3) is 1.87. The molecule has 0 radical (unpaired) electrons. The Balaban J connectivity index is 1.79. The quantitative estimate of drug-likeness (QED) is 0.357. The lowest BCUT2D eigenvalue weighted by atomic mass is 9.97. The molecular weight excluding hydrogens is 278 g/mol. The number of hydrogen-bond donors (Lipinski definition) is 1. The highest BCUT2D eigenvalue weighted by molar-refractivity contribution is 6.09. The minimum absolute atomic E-state index is 1.18. The molecule has 4 aromatic carbocycles. The van der Waals surface area contributed by atoms with E-state index in [1.807, 2.05) is 0 Å². The molecule has 0 aliphatic carbocycles. The van der Waals surface area contributed by atoms with E-state index in [-0.39, 0.29) is 0 Å². The van der Waals surface area contributed by atoms with Gasteiger partial charge in [-0.2, -0.15) is 0 Å². The molecule has 0 atom stereocenters. The standard InChI is InChI=1S/C22H15N/c1-2-6-18-15(5-1)9-10-16-13-17(11-12-19(16)18)21-14-23-22-8-4-3-7-20(21)22/h1-14,23H. The predicted molar refractivity (Wildman–Crippen MR) is 98.7 cm³/mol. The average Bonchev–Trinajstić information content (AvgIpc) is 3.05. The number of fused-ring (bicyclic) bond motifs is 4. The topological polar surface area (TPSA) is 15.8 Å². The molecule has 0 fully saturated rings. The van der Waals surface area contributed by atoms with Crippen molar-refractivity contribution >= 4 is 32.4 Å². The molecule has 1 heteroatoms. The highest BCUT2D eigenvalue weighted by Gasteiger charge is 2.07. The number of nitrogens with one attached hydrogen (secondary N) is 1. The van der Waals surface area contributed by atoms with Crippen LogP contribution in [0, 0.1) is 0 Å². The van der Waals surface area contributed by atoms with Crippen molar-refractivity contribution in [2.75, 3.05) is 0 Å². The van der Waals surface area contributed by atoms with E-state index < -0.39 is 0 Å². The Morgan fingerprint density at radius 3 is 2.26 bits per heavy atom. The Bertz CT molecular complexity index is 1160. The fraction of sp³-hybridized carbons (Fsp3) is 0. The summed E-state index contributed by atoms with van der Waals surface area (Å²) in [4.78, 5) is 3.36. The minimum Gasteiger partial charge on any atom is -0.361 e. The van der Waals surface area contributed by atoms with Gasteiger partial charge in [-0.3, -0.25) is 0 Å². The van der Waals surface area contributed by atoms with Gasteiger partial charge in [-0.1, -0.05) is 66.7 Å². The Kier molecular flexibility index (Phi) is 2.56. The summed E-state index contributed by atoms with van der Waals surface area (Å²) in [6, 6.07) is 28.2. The summed E-state index contributed by atoms with van der Waals surface area (Å²) < 4.78 is 0. The molecule has 0 bridgehead atoms. The molecule has 23 heavy (non-hydrogen) atoms. The summed E-state index contributed by atoms with van der Waals surface area (Å²) >= 11 is 0. The highest BCUT2D eigenvalue weighted by atomic mass is 14.7. The van der Waals surface area contributed by atoms with Crippen molar-refractivity contribution in [1.29, 1.82) is 0 Å². The Labute approximate surface area is 134 Å². The Hall–Kier alpha value is -3.06. The zero-order valence-corrected chi connectivity index (χ0v) is 12.6. The first-order valence-electron chi connectivity index (χ1n) is 7.88. The van der Waals surface area contributed by atoms with Gasteiger partial charge in [-0.05, 0) is 39.2 Å². The molecule has 1 heterocycles. The Morgan fingerprint density at radius 1 is 0.565 bits per heavy atom. The van der Waals surface area contributed by atoms with Crippen molar-refractivity contribution < 1.29 is 0 Å². The summed E-state index contributed by atoms with van der Waals surface area (Å²) in [6.45, 7) is 0. The van der Waals surface area contributed by atoms with Crippen LogP contribution in [0.5, 0.6) is 0 Å². The normalized spacial score (nSPS) is 11.5. The van der Waals surface area contributed by atoms with E-state index in [2.05, 4.69) is 90.0 Å². The molecule has 0 spiro atoms. The van der Waals surface area contributed by atoms with Crippen LogP contribution < -0.4 is 0 Å². The van der Waals surface area contributed by atoms with E-state index in [4.69, 9.17) is 0 Å². The molecule has 0 saturated heterocycles. The van der Waals surface area contributed by atoms with Crippen LogP contribution in [0.4, 0.5) is 0 Å². The van der Waals surface area contributed by atoms with Gasteiger partial charge in [0.25, 0.3) is 0 Å². The van der Waals surface area contributed by atoms with Gasteiger partial charge < -0.3 is 4.98 Å². The van der Waals surface area contributed by atoms with Crippen molar-refractivity contribution in [1.82, 2.24) is 4.98 Å². The van der Waals surface area contributed by atoms with Crippen LogP contribution in [-0.2, 0) is 0 Å². The zero-order chi connectivity index (χ0) is 15.2. The molecule has 5 rings (SSSR count). The van der Waals surface area contributed by atoms with Crippen LogP contribution in [0.2, 0.25) is 0 Å². The van der Waals surface area contributed by atoms with Crippen molar-refractivity contribution in [2.45, 2.75) is 0 Å². The molecule has 0 amide bonds. The highest BCUT2D eigenvalue weighted by Crippen LogP contribution is 2.33. The van der Waals surface area contributed by atoms with Gasteiger partial charge in [0.05, 0.1) is 0 Å². The molecule has 5 aromatic rings. The number of H-pyrrole nitrogens is 1. The first-order valence-corrected chi connectivity index (χ1v) is 7.88. The third-order valence-electron chi connectivity index (χ3n) is 4.65. The van der Waals surface area contributed by atoms with Crippen LogP contribution in [0.1, 0.15) is 0 Å². The SMILES string of the molecule is c1ccc2c(c1)ccc1cc(-c3c[nH]c4ccccc34)ccc12. The van der Waals surface area contributed by atoms with Crippen molar-refractivity contribution in [2.24, 2.45) is 0 Å². The second-order valence-electron chi connectivity index (χ2n) is 5.97. The van der Waals surface area contributed by atoms with Gasteiger partial charge in [-0.25, -0.2) is 0 Å². The van der Waals surface area contributed by atoms with E-state index in [0.29, 0.717) is 0 Å². The van der Waals surface area contributed by atoms with Crippen LogP contribution in [-0.4, -0.2) is 4.98 Å². The smallest absolute Gasteiger partial charge is 0.0460 e. The lowest BCUT2D eigenvalue weighted by Gasteiger charge is -2.06. The summed E-state index contributed by atoms with van der Waals surface area (Å²) in [5.41, 5.74) is 3.70. The molecular formula is C22H15N. The van der Waals surface area contributed by atoms with E-state index in [1.54, 1.807) is 0 Å². The number of para-hydroxylation sites is 1. The summed E-state index contributed by atoms with van der Waals surface area (Å²) in [5, 5.41) is 6.47. The first-order chi connectivity index (χ1) is 11.4. The van der Waals surface area contributed by atoms with E-state index in [9.17, 15) is 0 Å². The first kappa shape index (κ1) is 12.5. The number of aromatic nitrogens is 1. The van der Waals surface area contributed by atoms with Gasteiger partial charge in [0, 0.05) is 22.7 Å². The van der Waals surface area contributed by atoms with Crippen LogP contribution in [0.25, 0.3) is 43.6 Å². The van der Waals surface area contributed by atoms with Crippen LogP contribution >= 0.6 is 0 Å². The molecule has 0 aliphatic rings. The summed E-state index contributed by atoms with van der Waals surface area (Å²) in [7, 11) is 0. The van der Waals surface area contributed by atoms with Crippen molar-refractivity contribution in [3.05, 3.63) is 85.1 Å². The molecule has 108 valence electrons. The van der Waals surface area contributed by atoms with Crippen molar-refractivity contribution in [3.63, 3.8) is 0 Å². The summed E-state index contributed by atoms with van der Waals surface area (Å²) in [5.74, 6) is 0. The minimum atomic E-state index is 1.18. The lowest BCUT2D eigenvalue weighted by molar-refractivity contribution is 1.47. The van der Waals surface area contributed by atoms with E-state index in [1.165, 1.54) is 43.6 Å². The zero-order valence-electron chi connectivity index (χ0n) is 12.6. The largest absolute Gasteiger partial charge is 0.361 e. The fourth-order valence-electron chi connectivity index (χ4n) is 3.49. The summed E-state index contributed by atoms with van der Waals surface area (Å²) in [6.07, 6.45) is 2.10. The van der Waals surface area contributed by atoms with Crippen molar-refractivity contribution in [3.8, 4) is 11.1 Å². The van der Waals surface area contributed by atoms with Gasteiger partial charge in [-0.15, -0.1) is 0 Å².